The molecule has 160 valence electrons. The maximum Gasteiger partial charge on any atom is 0.270 e. The van der Waals surface area contributed by atoms with E-state index in [0.717, 1.165) is 5.56 Å². The van der Waals surface area contributed by atoms with Crippen LogP contribution in [-0.4, -0.2) is 57.6 Å². The van der Waals surface area contributed by atoms with Crippen LogP contribution in [0.3, 0.4) is 0 Å². The van der Waals surface area contributed by atoms with Crippen LogP contribution >= 0.6 is 0 Å². The molecule has 9 heteroatoms. The smallest absolute Gasteiger partial charge is 0.270 e. The maximum absolute atomic E-state index is 12.8. The molecule has 2 rings (SSSR count). The first-order chi connectivity index (χ1) is 13.6. The first-order valence-corrected chi connectivity index (χ1v) is 10.7. The van der Waals surface area contributed by atoms with Crippen molar-refractivity contribution in [1.82, 2.24) is 14.2 Å². The number of amides is 1. The molecule has 0 bridgehead atoms. The van der Waals surface area contributed by atoms with Gasteiger partial charge in [-0.1, -0.05) is 6.07 Å². The molecule has 0 aliphatic carbocycles. The minimum Gasteiger partial charge on any atom is -0.493 e. The van der Waals surface area contributed by atoms with Gasteiger partial charge in [0.15, 0.2) is 11.5 Å². The third-order valence-electron chi connectivity index (χ3n) is 4.43. The van der Waals surface area contributed by atoms with Crippen LogP contribution in [0.5, 0.6) is 11.5 Å². The molecule has 1 N–H and O–H groups in total. The summed E-state index contributed by atoms with van der Waals surface area (Å²) < 4.78 is 39.3. The summed E-state index contributed by atoms with van der Waals surface area (Å²) in [6.07, 6.45) is 2.06. The highest BCUT2D eigenvalue weighted by Crippen LogP contribution is 2.27. The summed E-state index contributed by atoms with van der Waals surface area (Å²) >= 11 is 0. The monoisotopic (exact) mass is 423 g/mol. The lowest BCUT2D eigenvalue weighted by Gasteiger charge is -2.18. The van der Waals surface area contributed by atoms with Crippen molar-refractivity contribution in [3.8, 4) is 11.5 Å². The Labute approximate surface area is 172 Å². The highest BCUT2D eigenvalue weighted by molar-refractivity contribution is 7.89. The average Bonchev–Trinajstić information content (AvgIpc) is 3.06. The zero-order chi connectivity index (χ0) is 21.8. The Kier molecular flexibility index (Phi) is 7.32. The van der Waals surface area contributed by atoms with Gasteiger partial charge in [0.25, 0.3) is 5.91 Å². The number of aryl methyl sites for hydroxylation is 1. The summed E-state index contributed by atoms with van der Waals surface area (Å²) in [5, 5.41) is 0. The Bertz CT molecular complexity index is 966. The van der Waals surface area contributed by atoms with Gasteiger partial charge in [-0.05, 0) is 44.0 Å². The quantitative estimate of drug-likeness (QED) is 0.667. The molecule has 8 nitrogen and oxygen atoms in total. The minimum atomic E-state index is -3.66. The van der Waals surface area contributed by atoms with E-state index in [0.29, 0.717) is 30.2 Å². The summed E-state index contributed by atoms with van der Waals surface area (Å²) in [5.41, 5.74) is 1.31. The number of hydrogen-bond acceptors (Lipinski definition) is 5. The molecule has 1 heterocycles. The molecule has 0 saturated heterocycles. The molecular weight excluding hydrogens is 394 g/mol. The van der Waals surface area contributed by atoms with Gasteiger partial charge < -0.3 is 18.9 Å². The van der Waals surface area contributed by atoms with Gasteiger partial charge in [-0.3, -0.25) is 4.79 Å². The van der Waals surface area contributed by atoms with Crippen molar-refractivity contribution in [3.63, 3.8) is 0 Å². The van der Waals surface area contributed by atoms with Crippen molar-refractivity contribution >= 4 is 15.9 Å². The van der Waals surface area contributed by atoms with Crippen molar-refractivity contribution in [1.29, 1.82) is 0 Å². The fraction of sp³-hybridized carbons (Fsp3) is 0.450. The zero-order valence-corrected chi connectivity index (χ0v) is 18.5. The zero-order valence-electron chi connectivity index (χ0n) is 17.7. The summed E-state index contributed by atoms with van der Waals surface area (Å²) in [4.78, 5) is 14.5. The number of likely N-dealkylation sites (N-methyl/N-ethyl adjacent to an activating group) is 1. The topological polar surface area (TPSA) is 89.9 Å². The minimum absolute atomic E-state index is 0.0744. The number of rotatable bonds is 9. The number of ether oxygens (including phenoxy) is 2. The highest BCUT2D eigenvalue weighted by atomic mass is 32.2. The molecule has 0 saturated carbocycles. The van der Waals surface area contributed by atoms with E-state index in [9.17, 15) is 13.2 Å². The molecular formula is C20H29N3O5S. The first-order valence-electron chi connectivity index (χ1n) is 9.24. The van der Waals surface area contributed by atoms with Gasteiger partial charge in [0.2, 0.25) is 10.0 Å². The van der Waals surface area contributed by atoms with Crippen molar-refractivity contribution in [2.24, 2.45) is 7.05 Å². The number of sulfonamides is 1. The summed E-state index contributed by atoms with van der Waals surface area (Å²) in [6.45, 7) is 3.95. The Hall–Kier alpha value is -2.52. The molecule has 0 aliphatic rings. The van der Waals surface area contributed by atoms with Crippen molar-refractivity contribution in [3.05, 3.63) is 41.7 Å². The van der Waals surface area contributed by atoms with Crippen LogP contribution < -0.4 is 14.2 Å². The summed E-state index contributed by atoms with van der Waals surface area (Å²) in [7, 11) is 2.84. The van der Waals surface area contributed by atoms with Crippen molar-refractivity contribution in [2.75, 3.05) is 27.8 Å². The van der Waals surface area contributed by atoms with Crippen LogP contribution in [0.4, 0.5) is 0 Å². The Morgan fingerprint density at radius 3 is 2.41 bits per heavy atom. The third kappa shape index (κ3) is 5.51. The Morgan fingerprint density at radius 1 is 1.17 bits per heavy atom. The second-order valence-electron chi connectivity index (χ2n) is 7.11. The Balaban J connectivity index is 2.11. The van der Waals surface area contributed by atoms with E-state index < -0.39 is 10.0 Å². The molecule has 0 aliphatic heterocycles. The summed E-state index contributed by atoms with van der Waals surface area (Å²) in [5.74, 6) is 1.03. The molecule has 2 aromatic rings. The van der Waals surface area contributed by atoms with Gasteiger partial charge >= 0.3 is 0 Å². The number of nitrogens with zero attached hydrogens (tertiary/aromatic N) is 2. The second kappa shape index (κ2) is 9.32. The van der Waals surface area contributed by atoms with Gasteiger partial charge in [0.1, 0.15) is 10.6 Å². The van der Waals surface area contributed by atoms with E-state index in [1.54, 1.807) is 47.1 Å². The number of methoxy groups -OCH3 is 2. The molecule has 0 spiro atoms. The molecule has 1 amide bonds. The van der Waals surface area contributed by atoms with Crippen LogP contribution in [0.2, 0.25) is 0 Å². The molecule has 1 aromatic carbocycles. The van der Waals surface area contributed by atoms with E-state index in [2.05, 4.69) is 4.72 Å². The normalized spacial score (nSPS) is 11.6. The molecule has 0 unspecified atom stereocenters. The van der Waals surface area contributed by atoms with E-state index in [-0.39, 0.29) is 16.8 Å². The van der Waals surface area contributed by atoms with Crippen LogP contribution in [0, 0.1) is 0 Å². The number of carbonyl (C=O) groups is 1. The van der Waals surface area contributed by atoms with Gasteiger partial charge in [-0.15, -0.1) is 0 Å². The molecule has 29 heavy (non-hydrogen) atoms. The van der Waals surface area contributed by atoms with Crippen LogP contribution in [0.25, 0.3) is 0 Å². The van der Waals surface area contributed by atoms with E-state index in [4.69, 9.17) is 9.47 Å². The number of aromatic nitrogens is 1. The predicted octanol–water partition coefficient (Wildman–Crippen LogP) is 2.04. The summed E-state index contributed by atoms with van der Waals surface area (Å²) in [6, 6.07) is 6.79. The second-order valence-corrected chi connectivity index (χ2v) is 8.83. The molecule has 1 aromatic heterocycles. The standard InChI is InChI=1S/C20H29N3O5S/c1-14(2)21-29(25,26)16-12-17(23(4)13-16)20(24)22(3)10-9-15-7-8-18(27-5)19(11-15)28-6/h7-8,11-14,21H,9-10H2,1-6H3. The SMILES string of the molecule is COc1ccc(CCN(C)C(=O)c2cc(S(=O)(=O)NC(C)C)cn2C)cc1OC. The van der Waals surface area contributed by atoms with Crippen molar-refractivity contribution in [2.45, 2.75) is 31.2 Å². The van der Waals surface area contributed by atoms with E-state index in [1.165, 1.54) is 16.8 Å². The van der Waals surface area contributed by atoms with Crippen LogP contribution in [0.1, 0.15) is 29.9 Å². The molecule has 0 fully saturated rings. The lowest BCUT2D eigenvalue weighted by atomic mass is 10.1. The fourth-order valence-electron chi connectivity index (χ4n) is 2.90. The number of nitrogens with one attached hydrogen (secondary N) is 1. The maximum atomic E-state index is 12.8. The highest BCUT2D eigenvalue weighted by Gasteiger charge is 2.23. The van der Waals surface area contributed by atoms with Gasteiger partial charge in [0, 0.05) is 32.9 Å². The fourth-order valence-corrected chi connectivity index (χ4v) is 4.22. The van der Waals surface area contributed by atoms with Gasteiger partial charge in [0.05, 0.1) is 14.2 Å². The number of benzene rings is 1. The van der Waals surface area contributed by atoms with E-state index >= 15 is 0 Å². The predicted molar refractivity (Wildman–Crippen MR) is 111 cm³/mol. The van der Waals surface area contributed by atoms with Crippen LogP contribution in [-0.2, 0) is 23.5 Å². The lowest BCUT2D eigenvalue weighted by molar-refractivity contribution is 0.0787. The van der Waals surface area contributed by atoms with Crippen molar-refractivity contribution < 1.29 is 22.7 Å². The number of hydrogen-bond donors (Lipinski definition) is 1. The number of carbonyl (C=O) groups excluding carboxylic acids is 1. The van der Waals surface area contributed by atoms with Crippen LogP contribution in [0.15, 0.2) is 35.4 Å². The van der Waals surface area contributed by atoms with Gasteiger partial charge in [-0.2, -0.15) is 0 Å². The first kappa shape index (κ1) is 22.8. The third-order valence-corrected chi connectivity index (χ3v) is 6.06. The average molecular weight is 424 g/mol. The molecule has 0 atom stereocenters. The largest absolute Gasteiger partial charge is 0.493 e. The molecule has 0 radical (unpaired) electrons. The Morgan fingerprint density at radius 2 is 1.83 bits per heavy atom. The van der Waals surface area contributed by atoms with E-state index in [1.807, 2.05) is 18.2 Å². The lowest BCUT2D eigenvalue weighted by Crippen LogP contribution is -2.30. The van der Waals surface area contributed by atoms with Gasteiger partial charge in [-0.25, -0.2) is 13.1 Å².